The molecular weight excluding hydrogens is 350 g/mol. The number of aryl methyl sites for hydroxylation is 3. The van der Waals surface area contributed by atoms with E-state index in [0.717, 1.165) is 51.1 Å². The number of hydrogen-bond acceptors (Lipinski definition) is 4. The minimum absolute atomic E-state index is 0.0519. The van der Waals surface area contributed by atoms with E-state index in [0.29, 0.717) is 6.61 Å². The lowest BCUT2D eigenvalue weighted by Crippen LogP contribution is -2.49. The van der Waals surface area contributed by atoms with Crippen LogP contribution in [-0.2, 0) is 29.0 Å². The summed E-state index contributed by atoms with van der Waals surface area (Å²) >= 11 is 0. The van der Waals surface area contributed by atoms with Gasteiger partial charge < -0.3 is 4.74 Å². The van der Waals surface area contributed by atoms with Crippen LogP contribution in [0.3, 0.4) is 0 Å². The van der Waals surface area contributed by atoms with Crippen molar-refractivity contribution < 1.29 is 9.53 Å². The van der Waals surface area contributed by atoms with Gasteiger partial charge in [-0.1, -0.05) is 24.3 Å². The summed E-state index contributed by atoms with van der Waals surface area (Å²) in [6.07, 6.45) is 4.76. The molecule has 0 spiro atoms. The lowest BCUT2D eigenvalue weighted by molar-refractivity contribution is -0.159. The minimum Gasteiger partial charge on any atom is -0.466 e. The minimum atomic E-state index is -0.477. The van der Waals surface area contributed by atoms with Crippen molar-refractivity contribution in [3.05, 3.63) is 52.8 Å². The number of ether oxygens (including phenoxy) is 1. The van der Waals surface area contributed by atoms with E-state index >= 15 is 0 Å². The topological polar surface area (TPSA) is 47.4 Å². The number of piperidine rings is 1. The smallest absolute Gasteiger partial charge is 0.313 e. The zero-order chi connectivity index (χ0) is 20.1. The van der Waals surface area contributed by atoms with Crippen LogP contribution in [0.25, 0.3) is 0 Å². The predicted molar refractivity (Wildman–Crippen MR) is 111 cm³/mol. The largest absolute Gasteiger partial charge is 0.466 e. The zero-order valence-corrected chi connectivity index (χ0v) is 17.7. The van der Waals surface area contributed by atoms with E-state index in [1.807, 2.05) is 11.6 Å². The summed E-state index contributed by atoms with van der Waals surface area (Å²) in [5, 5.41) is 4.57. The van der Waals surface area contributed by atoms with Gasteiger partial charge in [0.25, 0.3) is 0 Å². The molecule has 1 aliphatic heterocycles. The molecule has 0 N–H and O–H groups in total. The lowest BCUT2D eigenvalue weighted by Gasteiger charge is -2.41. The van der Waals surface area contributed by atoms with Crippen LogP contribution in [0.15, 0.2) is 30.5 Å². The van der Waals surface area contributed by atoms with Gasteiger partial charge in [0.1, 0.15) is 0 Å². The molecule has 5 heteroatoms. The second-order valence-corrected chi connectivity index (χ2v) is 8.01. The molecule has 0 aliphatic carbocycles. The van der Waals surface area contributed by atoms with Gasteiger partial charge >= 0.3 is 5.97 Å². The average molecular weight is 384 g/mol. The van der Waals surface area contributed by atoms with Crippen LogP contribution in [0.2, 0.25) is 0 Å². The first-order valence-electron chi connectivity index (χ1n) is 10.4. The van der Waals surface area contributed by atoms with Crippen molar-refractivity contribution in [2.75, 3.05) is 19.7 Å². The number of carbonyl (C=O) groups excluding carboxylic acids is 1. The van der Waals surface area contributed by atoms with Gasteiger partial charge in [-0.25, -0.2) is 0 Å². The average Bonchev–Trinajstić information content (AvgIpc) is 3.04. The van der Waals surface area contributed by atoms with Crippen LogP contribution in [0, 0.1) is 19.3 Å². The number of nitrogens with zero attached hydrogens (tertiary/aromatic N) is 3. The van der Waals surface area contributed by atoms with Gasteiger partial charge in [0.2, 0.25) is 0 Å². The molecule has 2 aromatic rings. The monoisotopic (exact) mass is 383 g/mol. The van der Waals surface area contributed by atoms with Crippen molar-refractivity contribution in [1.29, 1.82) is 0 Å². The highest BCUT2D eigenvalue weighted by molar-refractivity contribution is 5.78. The van der Waals surface area contributed by atoms with Crippen LogP contribution in [-0.4, -0.2) is 40.3 Å². The highest BCUT2D eigenvalue weighted by atomic mass is 16.5. The molecule has 1 atom stereocenters. The lowest BCUT2D eigenvalue weighted by atomic mass is 9.74. The normalized spacial score (nSPS) is 20.3. The number of likely N-dealkylation sites (tertiary alicyclic amines) is 1. The number of rotatable bonds is 7. The Kier molecular flexibility index (Phi) is 6.55. The summed E-state index contributed by atoms with van der Waals surface area (Å²) in [4.78, 5) is 15.5. The summed E-state index contributed by atoms with van der Waals surface area (Å²) < 4.78 is 7.55. The summed E-state index contributed by atoms with van der Waals surface area (Å²) in [5.41, 5.74) is 4.33. The van der Waals surface area contributed by atoms with Crippen molar-refractivity contribution >= 4 is 5.97 Å². The molecule has 1 unspecified atom stereocenters. The number of carbonyl (C=O) groups is 1. The van der Waals surface area contributed by atoms with Gasteiger partial charge in [0.05, 0.1) is 17.7 Å². The summed E-state index contributed by atoms with van der Waals surface area (Å²) in [7, 11) is 0. The molecule has 0 saturated carbocycles. The third-order valence-electron chi connectivity index (χ3n) is 5.92. The van der Waals surface area contributed by atoms with E-state index in [1.54, 1.807) is 0 Å². The maximum absolute atomic E-state index is 13.1. The fourth-order valence-corrected chi connectivity index (χ4v) is 4.32. The standard InChI is InChI=1S/C23H33N3O2/c1-5-26-16-21(19(4)24-26)15-25-13-9-12-23(17-25,22(27)28-6-2)14-20-11-8-7-10-18(20)3/h7-8,10-11,16H,5-6,9,12-15,17H2,1-4H3. The van der Waals surface area contributed by atoms with E-state index < -0.39 is 5.41 Å². The SMILES string of the molecule is CCOC(=O)C1(Cc2ccccc2C)CCCN(Cc2cn(CC)nc2C)C1. The van der Waals surface area contributed by atoms with E-state index in [9.17, 15) is 4.79 Å². The maximum Gasteiger partial charge on any atom is 0.313 e. The first-order chi connectivity index (χ1) is 13.5. The molecule has 1 aliphatic rings. The Balaban J connectivity index is 1.83. The number of benzene rings is 1. The van der Waals surface area contributed by atoms with E-state index in [1.165, 1.54) is 16.7 Å². The van der Waals surface area contributed by atoms with Gasteiger partial charge in [-0.2, -0.15) is 5.10 Å². The second kappa shape index (κ2) is 8.91. The second-order valence-electron chi connectivity index (χ2n) is 8.01. The molecule has 1 saturated heterocycles. The van der Waals surface area contributed by atoms with Gasteiger partial charge in [0, 0.05) is 31.4 Å². The molecule has 152 valence electrons. The Morgan fingerprint density at radius 3 is 2.68 bits per heavy atom. The molecule has 0 radical (unpaired) electrons. The summed E-state index contributed by atoms with van der Waals surface area (Å²) in [6, 6.07) is 8.38. The number of aromatic nitrogens is 2. The Labute approximate surface area is 168 Å². The van der Waals surface area contributed by atoms with Crippen molar-refractivity contribution in [2.45, 2.75) is 60.0 Å². The summed E-state index contributed by atoms with van der Waals surface area (Å²) in [5.74, 6) is -0.0519. The number of esters is 1. The molecule has 1 aromatic carbocycles. The maximum atomic E-state index is 13.1. The molecule has 0 bridgehead atoms. The molecule has 1 fully saturated rings. The van der Waals surface area contributed by atoms with Gasteiger partial charge in [0.15, 0.2) is 0 Å². The quantitative estimate of drug-likeness (QED) is 0.680. The molecular formula is C23H33N3O2. The van der Waals surface area contributed by atoms with E-state index in [4.69, 9.17) is 4.74 Å². The van der Waals surface area contributed by atoms with E-state index in [-0.39, 0.29) is 5.97 Å². The van der Waals surface area contributed by atoms with E-state index in [2.05, 4.69) is 61.2 Å². The van der Waals surface area contributed by atoms with Crippen molar-refractivity contribution in [1.82, 2.24) is 14.7 Å². The van der Waals surface area contributed by atoms with Crippen LogP contribution < -0.4 is 0 Å². The molecule has 3 rings (SSSR count). The highest BCUT2D eigenvalue weighted by Crippen LogP contribution is 2.36. The Bertz CT molecular complexity index is 814. The fourth-order valence-electron chi connectivity index (χ4n) is 4.32. The molecule has 0 amide bonds. The van der Waals surface area contributed by atoms with Gasteiger partial charge in [-0.05, 0) is 64.6 Å². The summed E-state index contributed by atoms with van der Waals surface area (Å²) in [6.45, 7) is 12.1. The van der Waals surface area contributed by atoms with Crippen molar-refractivity contribution in [2.24, 2.45) is 5.41 Å². The third-order valence-corrected chi connectivity index (χ3v) is 5.92. The Morgan fingerprint density at radius 2 is 2.00 bits per heavy atom. The van der Waals surface area contributed by atoms with Crippen LogP contribution >= 0.6 is 0 Å². The molecule has 1 aromatic heterocycles. The fraction of sp³-hybridized carbons (Fsp3) is 0.565. The molecule has 28 heavy (non-hydrogen) atoms. The third kappa shape index (κ3) is 4.46. The van der Waals surface area contributed by atoms with Gasteiger partial charge in [-0.15, -0.1) is 0 Å². The Morgan fingerprint density at radius 1 is 1.21 bits per heavy atom. The predicted octanol–water partition coefficient (Wildman–Crippen LogP) is 3.91. The zero-order valence-electron chi connectivity index (χ0n) is 17.7. The van der Waals surface area contributed by atoms with Crippen LogP contribution in [0.1, 0.15) is 49.1 Å². The molecule has 2 heterocycles. The van der Waals surface area contributed by atoms with Crippen molar-refractivity contribution in [3.63, 3.8) is 0 Å². The van der Waals surface area contributed by atoms with Gasteiger partial charge in [-0.3, -0.25) is 14.4 Å². The first-order valence-corrected chi connectivity index (χ1v) is 10.4. The molecule has 5 nitrogen and oxygen atoms in total. The van der Waals surface area contributed by atoms with Crippen LogP contribution in [0.4, 0.5) is 0 Å². The van der Waals surface area contributed by atoms with Crippen molar-refractivity contribution in [3.8, 4) is 0 Å². The first kappa shape index (κ1) is 20.6. The van der Waals surface area contributed by atoms with Crippen LogP contribution in [0.5, 0.6) is 0 Å². The highest BCUT2D eigenvalue weighted by Gasteiger charge is 2.43. The number of hydrogen-bond donors (Lipinski definition) is 0. The Hall–Kier alpha value is -2.14.